The van der Waals surface area contributed by atoms with E-state index >= 15 is 0 Å². The predicted octanol–water partition coefficient (Wildman–Crippen LogP) is 3.97. The Labute approximate surface area is 93.7 Å². The lowest BCUT2D eigenvalue weighted by atomic mass is 9.95. The maximum absolute atomic E-state index is 11.6. The maximum Gasteiger partial charge on any atom is 0.162 e. The van der Waals surface area contributed by atoms with Crippen LogP contribution in [0.3, 0.4) is 0 Å². The van der Waals surface area contributed by atoms with Crippen LogP contribution in [0.25, 0.3) is 0 Å². The van der Waals surface area contributed by atoms with E-state index in [1.165, 1.54) is 11.1 Å². The minimum Gasteiger partial charge on any atom is -0.294 e. The highest BCUT2D eigenvalue weighted by Gasteiger charge is 2.12. The lowest BCUT2D eigenvalue weighted by Gasteiger charge is -2.11. The molecule has 14 heavy (non-hydrogen) atoms. The fraction of sp³-hybridized carbons (Fsp3) is 0.417. The number of rotatable bonds is 2. The Morgan fingerprint density at radius 1 is 1.21 bits per heavy atom. The Morgan fingerprint density at radius 3 is 2.29 bits per heavy atom. The van der Waals surface area contributed by atoms with E-state index in [0.29, 0.717) is 6.42 Å². The molecule has 0 heterocycles. The number of carbonyl (C=O) groups is 1. The molecule has 0 saturated heterocycles. The van der Waals surface area contributed by atoms with Crippen molar-refractivity contribution >= 4 is 21.7 Å². The summed E-state index contributed by atoms with van der Waals surface area (Å²) in [6, 6.07) is 1.93. The first kappa shape index (κ1) is 11.4. The van der Waals surface area contributed by atoms with Gasteiger partial charge in [-0.2, -0.15) is 0 Å². The standard InChI is InChI=1S/C12H15BrO/c1-5-12(14)10-6-11(13)9(4)7(2)8(10)3/h6H,5H2,1-4H3. The molecule has 0 bridgehead atoms. The molecule has 0 aliphatic heterocycles. The Bertz CT molecular complexity index is 380. The van der Waals surface area contributed by atoms with Crippen LogP contribution in [0.4, 0.5) is 0 Å². The number of carbonyl (C=O) groups excluding carboxylic acids is 1. The molecule has 1 rings (SSSR count). The number of halogens is 1. The topological polar surface area (TPSA) is 17.1 Å². The maximum atomic E-state index is 11.6. The van der Waals surface area contributed by atoms with E-state index in [-0.39, 0.29) is 5.78 Å². The van der Waals surface area contributed by atoms with Gasteiger partial charge >= 0.3 is 0 Å². The van der Waals surface area contributed by atoms with E-state index in [1.807, 2.05) is 19.9 Å². The number of hydrogen-bond acceptors (Lipinski definition) is 1. The van der Waals surface area contributed by atoms with Gasteiger partial charge in [0.2, 0.25) is 0 Å². The number of benzene rings is 1. The molecule has 0 saturated carbocycles. The fourth-order valence-corrected chi connectivity index (χ4v) is 2.01. The molecule has 0 spiro atoms. The molecule has 0 N–H and O–H groups in total. The smallest absolute Gasteiger partial charge is 0.162 e. The highest BCUT2D eigenvalue weighted by molar-refractivity contribution is 9.10. The molecule has 0 aliphatic carbocycles. The zero-order valence-corrected chi connectivity index (χ0v) is 10.7. The summed E-state index contributed by atoms with van der Waals surface area (Å²) in [5.74, 6) is 0.214. The van der Waals surface area contributed by atoms with Gasteiger partial charge < -0.3 is 0 Å². The Balaban J connectivity index is 3.40. The van der Waals surface area contributed by atoms with E-state index in [4.69, 9.17) is 0 Å². The zero-order chi connectivity index (χ0) is 10.9. The summed E-state index contributed by atoms with van der Waals surface area (Å²) in [7, 11) is 0. The molecule has 1 aromatic carbocycles. The van der Waals surface area contributed by atoms with E-state index in [2.05, 4.69) is 29.8 Å². The molecule has 0 aromatic heterocycles. The molecule has 1 aromatic rings. The van der Waals surface area contributed by atoms with Crippen LogP contribution in [0.1, 0.15) is 40.4 Å². The molecule has 0 aliphatic rings. The van der Waals surface area contributed by atoms with Crippen LogP contribution >= 0.6 is 15.9 Å². The molecule has 0 radical (unpaired) electrons. The fourth-order valence-electron chi connectivity index (χ4n) is 1.49. The summed E-state index contributed by atoms with van der Waals surface area (Å²) >= 11 is 3.48. The molecular formula is C12H15BrO. The van der Waals surface area contributed by atoms with Gasteiger partial charge in [0.05, 0.1) is 0 Å². The molecule has 0 amide bonds. The van der Waals surface area contributed by atoms with Gasteiger partial charge in [-0.25, -0.2) is 0 Å². The van der Waals surface area contributed by atoms with Gasteiger partial charge in [-0.3, -0.25) is 4.79 Å². The number of Topliss-reactive ketones (excluding diaryl/α,β-unsaturated/α-hetero) is 1. The highest BCUT2D eigenvalue weighted by Crippen LogP contribution is 2.26. The van der Waals surface area contributed by atoms with Gasteiger partial charge in [-0.05, 0) is 43.5 Å². The van der Waals surface area contributed by atoms with Gasteiger partial charge in [-0.15, -0.1) is 0 Å². The van der Waals surface area contributed by atoms with Crippen LogP contribution in [-0.4, -0.2) is 5.78 Å². The molecule has 0 atom stereocenters. The van der Waals surface area contributed by atoms with Gasteiger partial charge in [0.25, 0.3) is 0 Å². The molecule has 0 unspecified atom stereocenters. The summed E-state index contributed by atoms with van der Waals surface area (Å²) in [6.07, 6.45) is 0.565. The van der Waals surface area contributed by atoms with Crippen molar-refractivity contribution in [1.82, 2.24) is 0 Å². The van der Waals surface area contributed by atoms with E-state index in [1.54, 1.807) is 0 Å². The van der Waals surface area contributed by atoms with E-state index in [9.17, 15) is 4.79 Å². The van der Waals surface area contributed by atoms with Crippen LogP contribution in [0.5, 0.6) is 0 Å². The van der Waals surface area contributed by atoms with Crippen LogP contribution in [-0.2, 0) is 0 Å². The second kappa shape index (κ2) is 4.26. The van der Waals surface area contributed by atoms with Gasteiger partial charge in [0, 0.05) is 16.5 Å². The quantitative estimate of drug-likeness (QED) is 0.731. The molecular weight excluding hydrogens is 240 g/mol. The third kappa shape index (κ3) is 1.90. The predicted molar refractivity (Wildman–Crippen MR) is 63.0 cm³/mol. The summed E-state index contributed by atoms with van der Waals surface area (Å²) in [6.45, 7) is 8.02. The summed E-state index contributed by atoms with van der Waals surface area (Å²) < 4.78 is 1.03. The first-order chi connectivity index (χ1) is 6.49. The van der Waals surface area contributed by atoms with Crippen molar-refractivity contribution in [2.45, 2.75) is 34.1 Å². The lowest BCUT2D eigenvalue weighted by Crippen LogP contribution is -2.03. The average molecular weight is 255 g/mol. The van der Waals surface area contributed by atoms with E-state index < -0.39 is 0 Å². The highest BCUT2D eigenvalue weighted by atomic mass is 79.9. The largest absolute Gasteiger partial charge is 0.294 e. The molecule has 1 nitrogen and oxygen atoms in total. The first-order valence-electron chi connectivity index (χ1n) is 4.78. The van der Waals surface area contributed by atoms with Crippen molar-refractivity contribution in [3.05, 3.63) is 32.8 Å². The minimum absolute atomic E-state index is 0.214. The minimum atomic E-state index is 0.214. The van der Waals surface area contributed by atoms with Crippen molar-refractivity contribution in [3.63, 3.8) is 0 Å². The normalized spacial score (nSPS) is 10.4. The number of hydrogen-bond donors (Lipinski definition) is 0. The SMILES string of the molecule is CCC(=O)c1cc(Br)c(C)c(C)c1C. The zero-order valence-electron chi connectivity index (χ0n) is 9.07. The molecule has 2 heteroatoms. The third-order valence-electron chi connectivity index (χ3n) is 2.78. The monoisotopic (exact) mass is 254 g/mol. The molecule has 0 fully saturated rings. The van der Waals surface area contributed by atoms with E-state index in [0.717, 1.165) is 15.6 Å². The van der Waals surface area contributed by atoms with Crippen molar-refractivity contribution < 1.29 is 4.79 Å². The average Bonchev–Trinajstić information content (AvgIpc) is 2.19. The Hall–Kier alpha value is -0.630. The Morgan fingerprint density at radius 2 is 1.79 bits per heavy atom. The number of ketones is 1. The second-order valence-corrected chi connectivity index (χ2v) is 4.41. The second-order valence-electron chi connectivity index (χ2n) is 3.56. The lowest BCUT2D eigenvalue weighted by molar-refractivity contribution is 0.0987. The molecule has 76 valence electrons. The van der Waals surface area contributed by atoms with Crippen molar-refractivity contribution in [3.8, 4) is 0 Å². The van der Waals surface area contributed by atoms with Crippen LogP contribution < -0.4 is 0 Å². The van der Waals surface area contributed by atoms with Crippen molar-refractivity contribution in [1.29, 1.82) is 0 Å². The summed E-state index contributed by atoms with van der Waals surface area (Å²) in [5, 5.41) is 0. The van der Waals surface area contributed by atoms with Crippen LogP contribution in [0.2, 0.25) is 0 Å². The first-order valence-corrected chi connectivity index (χ1v) is 5.57. The third-order valence-corrected chi connectivity index (χ3v) is 3.60. The summed E-state index contributed by atoms with van der Waals surface area (Å²) in [5.41, 5.74) is 4.38. The Kier molecular flexibility index (Phi) is 3.48. The van der Waals surface area contributed by atoms with Gasteiger partial charge in [0.15, 0.2) is 5.78 Å². The van der Waals surface area contributed by atoms with Gasteiger partial charge in [-0.1, -0.05) is 22.9 Å². The van der Waals surface area contributed by atoms with Gasteiger partial charge in [0.1, 0.15) is 0 Å². The van der Waals surface area contributed by atoms with Crippen molar-refractivity contribution in [2.24, 2.45) is 0 Å². The van der Waals surface area contributed by atoms with Crippen LogP contribution in [0.15, 0.2) is 10.5 Å². The van der Waals surface area contributed by atoms with Crippen molar-refractivity contribution in [2.75, 3.05) is 0 Å². The summed E-state index contributed by atoms with van der Waals surface area (Å²) in [4.78, 5) is 11.6. The van der Waals surface area contributed by atoms with Crippen LogP contribution in [0, 0.1) is 20.8 Å².